The van der Waals surface area contributed by atoms with Crippen molar-refractivity contribution in [3.8, 4) is 0 Å². The minimum absolute atomic E-state index is 0.588. The van der Waals surface area contributed by atoms with Gasteiger partial charge in [0.1, 0.15) is 5.82 Å². The Balaban J connectivity index is 2.07. The molecule has 4 heteroatoms. The van der Waals surface area contributed by atoms with Crippen LogP contribution in [0.1, 0.15) is 33.1 Å². The maximum Gasteiger partial charge on any atom is 0.127 e. The molecule has 0 spiro atoms. The highest BCUT2D eigenvalue weighted by Crippen LogP contribution is 2.23. The summed E-state index contributed by atoms with van der Waals surface area (Å²) < 4.78 is 0. The summed E-state index contributed by atoms with van der Waals surface area (Å²) in [7, 11) is 1.89. The van der Waals surface area contributed by atoms with Gasteiger partial charge >= 0.3 is 0 Å². The average Bonchev–Trinajstić information content (AvgIpc) is 2.34. The number of nitrogens with zero attached hydrogens (tertiary/aromatic N) is 2. The largest absolute Gasteiger partial charge is 0.373 e. The van der Waals surface area contributed by atoms with Crippen molar-refractivity contribution in [2.75, 3.05) is 17.8 Å². The fraction of sp³-hybridized carbons (Fsp3) is 0.615. The summed E-state index contributed by atoms with van der Waals surface area (Å²) in [5, 5.41) is 5.42. The standard InChI is InChI=1S/C13H22N4/c1-10-5-4-6-11(2)17(10)16-12-7-8-15-13(9-12)14-3/h7-11H,4-6H2,1-3H3,(H2,14,15,16). The zero-order chi connectivity index (χ0) is 12.3. The van der Waals surface area contributed by atoms with Crippen molar-refractivity contribution >= 4 is 11.5 Å². The number of hydrogen-bond acceptors (Lipinski definition) is 4. The Morgan fingerprint density at radius 3 is 2.65 bits per heavy atom. The van der Waals surface area contributed by atoms with Gasteiger partial charge in [-0.2, -0.15) is 0 Å². The number of pyridine rings is 1. The molecule has 2 atom stereocenters. The normalized spacial score (nSPS) is 25.6. The maximum atomic E-state index is 4.22. The van der Waals surface area contributed by atoms with Gasteiger partial charge in [-0.3, -0.25) is 0 Å². The zero-order valence-electron chi connectivity index (χ0n) is 10.9. The first-order valence-corrected chi connectivity index (χ1v) is 6.39. The lowest BCUT2D eigenvalue weighted by Crippen LogP contribution is -2.47. The van der Waals surface area contributed by atoms with E-state index in [2.05, 4.69) is 34.6 Å². The van der Waals surface area contributed by atoms with E-state index in [-0.39, 0.29) is 0 Å². The fourth-order valence-corrected chi connectivity index (χ4v) is 2.43. The lowest BCUT2D eigenvalue weighted by Gasteiger charge is -2.39. The van der Waals surface area contributed by atoms with Gasteiger partial charge in [0, 0.05) is 31.4 Å². The molecule has 17 heavy (non-hydrogen) atoms. The molecule has 0 aliphatic carbocycles. The topological polar surface area (TPSA) is 40.2 Å². The third-order valence-corrected chi connectivity index (χ3v) is 3.47. The lowest BCUT2D eigenvalue weighted by molar-refractivity contribution is 0.136. The Bertz CT molecular complexity index is 356. The number of hydrazine groups is 1. The lowest BCUT2D eigenvalue weighted by atomic mass is 10.00. The van der Waals surface area contributed by atoms with Gasteiger partial charge in [0.15, 0.2) is 0 Å². The SMILES string of the molecule is CNc1cc(NN2C(C)CCCC2C)ccn1. The molecule has 4 nitrogen and oxygen atoms in total. The molecule has 1 aromatic rings. The molecule has 2 N–H and O–H groups in total. The van der Waals surface area contributed by atoms with Crippen molar-refractivity contribution in [1.82, 2.24) is 9.99 Å². The third-order valence-electron chi connectivity index (χ3n) is 3.47. The molecule has 2 heterocycles. The molecule has 2 rings (SSSR count). The van der Waals surface area contributed by atoms with Crippen LogP contribution in [0.4, 0.5) is 11.5 Å². The highest BCUT2D eigenvalue weighted by molar-refractivity contribution is 5.51. The van der Waals surface area contributed by atoms with Crippen LogP contribution in [0.2, 0.25) is 0 Å². The van der Waals surface area contributed by atoms with E-state index < -0.39 is 0 Å². The van der Waals surface area contributed by atoms with Gasteiger partial charge in [0.25, 0.3) is 0 Å². The van der Waals surface area contributed by atoms with Crippen molar-refractivity contribution in [2.45, 2.75) is 45.2 Å². The Labute approximate surface area is 103 Å². The number of nitrogens with one attached hydrogen (secondary N) is 2. The second-order valence-electron chi connectivity index (χ2n) is 4.83. The van der Waals surface area contributed by atoms with Crippen LogP contribution in [-0.4, -0.2) is 29.1 Å². The van der Waals surface area contributed by atoms with Gasteiger partial charge < -0.3 is 10.7 Å². The predicted octanol–water partition coefficient (Wildman–Crippen LogP) is 2.71. The Kier molecular flexibility index (Phi) is 3.84. The number of rotatable bonds is 3. The van der Waals surface area contributed by atoms with Crippen LogP contribution < -0.4 is 10.7 Å². The number of aromatic nitrogens is 1. The predicted molar refractivity (Wildman–Crippen MR) is 72.0 cm³/mol. The van der Waals surface area contributed by atoms with Crippen LogP contribution in [0, 0.1) is 0 Å². The summed E-state index contributed by atoms with van der Waals surface area (Å²) in [6.45, 7) is 4.56. The monoisotopic (exact) mass is 234 g/mol. The molecule has 0 amide bonds. The van der Waals surface area contributed by atoms with Crippen molar-refractivity contribution < 1.29 is 0 Å². The third kappa shape index (κ3) is 2.88. The Hall–Kier alpha value is -1.29. The number of piperidine rings is 1. The Morgan fingerprint density at radius 2 is 2.00 bits per heavy atom. The molecule has 94 valence electrons. The molecule has 1 aromatic heterocycles. The van der Waals surface area contributed by atoms with Crippen LogP contribution in [0.15, 0.2) is 18.3 Å². The van der Waals surface area contributed by atoms with Gasteiger partial charge in [-0.15, -0.1) is 0 Å². The smallest absolute Gasteiger partial charge is 0.127 e. The molecule has 0 radical (unpaired) electrons. The highest BCUT2D eigenvalue weighted by atomic mass is 15.5. The van der Waals surface area contributed by atoms with E-state index in [4.69, 9.17) is 0 Å². The van der Waals surface area contributed by atoms with Gasteiger partial charge in [0.2, 0.25) is 0 Å². The molecule has 1 aliphatic heterocycles. The second kappa shape index (κ2) is 5.36. The minimum Gasteiger partial charge on any atom is -0.373 e. The molecule has 1 aliphatic rings. The highest BCUT2D eigenvalue weighted by Gasteiger charge is 2.24. The summed E-state index contributed by atoms with van der Waals surface area (Å²) in [6, 6.07) is 5.22. The van der Waals surface area contributed by atoms with Crippen LogP contribution in [0.25, 0.3) is 0 Å². The molecule has 2 unspecified atom stereocenters. The van der Waals surface area contributed by atoms with Crippen molar-refractivity contribution in [3.05, 3.63) is 18.3 Å². The van der Waals surface area contributed by atoms with E-state index in [9.17, 15) is 0 Å². The number of hydrogen-bond donors (Lipinski definition) is 2. The van der Waals surface area contributed by atoms with Gasteiger partial charge in [-0.05, 0) is 32.8 Å². The van der Waals surface area contributed by atoms with Crippen molar-refractivity contribution in [2.24, 2.45) is 0 Å². The van der Waals surface area contributed by atoms with Gasteiger partial charge in [-0.25, -0.2) is 9.99 Å². The molecular weight excluding hydrogens is 212 g/mol. The first kappa shape index (κ1) is 12.2. The van der Waals surface area contributed by atoms with Crippen LogP contribution in [0.3, 0.4) is 0 Å². The van der Waals surface area contributed by atoms with Crippen molar-refractivity contribution in [3.63, 3.8) is 0 Å². The fourth-order valence-electron chi connectivity index (χ4n) is 2.43. The Morgan fingerprint density at radius 1 is 1.29 bits per heavy atom. The molecule has 0 saturated carbocycles. The van der Waals surface area contributed by atoms with E-state index in [0.717, 1.165) is 11.5 Å². The maximum absolute atomic E-state index is 4.22. The summed E-state index contributed by atoms with van der Waals surface area (Å²) >= 11 is 0. The molecular formula is C13H22N4. The number of anilines is 2. The van der Waals surface area contributed by atoms with Gasteiger partial charge in [0.05, 0.1) is 5.69 Å². The van der Waals surface area contributed by atoms with E-state index in [0.29, 0.717) is 12.1 Å². The van der Waals surface area contributed by atoms with E-state index in [1.807, 2.05) is 25.4 Å². The molecule has 1 saturated heterocycles. The second-order valence-corrected chi connectivity index (χ2v) is 4.83. The summed E-state index contributed by atoms with van der Waals surface area (Å²) in [5.74, 6) is 0.896. The zero-order valence-corrected chi connectivity index (χ0v) is 10.9. The van der Waals surface area contributed by atoms with Gasteiger partial charge in [-0.1, -0.05) is 6.42 Å². The average molecular weight is 234 g/mol. The van der Waals surface area contributed by atoms with Crippen molar-refractivity contribution in [1.29, 1.82) is 0 Å². The summed E-state index contributed by atoms with van der Waals surface area (Å²) in [6.07, 6.45) is 5.69. The van der Waals surface area contributed by atoms with Crippen LogP contribution in [0.5, 0.6) is 0 Å². The van der Waals surface area contributed by atoms with Crippen LogP contribution >= 0.6 is 0 Å². The van der Waals surface area contributed by atoms with E-state index in [1.165, 1.54) is 19.3 Å². The van der Waals surface area contributed by atoms with E-state index in [1.54, 1.807) is 0 Å². The minimum atomic E-state index is 0.588. The summed E-state index contributed by atoms with van der Waals surface area (Å²) in [5.41, 5.74) is 4.61. The summed E-state index contributed by atoms with van der Waals surface area (Å²) in [4.78, 5) is 4.22. The first-order chi connectivity index (χ1) is 8.20. The van der Waals surface area contributed by atoms with E-state index >= 15 is 0 Å². The molecule has 0 aromatic carbocycles. The molecule has 1 fully saturated rings. The van der Waals surface area contributed by atoms with Crippen LogP contribution in [-0.2, 0) is 0 Å². The first-order valence-electron chi connectivity index (χ1n) is 6.39. The molecule has 0 bridgehead atoms. The quantitative estimate of drug-likeness (QED) is 0.843.